The molecular formula is C23H23ClN4O3. The molecule has 0 radical (unpaired) electrons. The molecule has 2 aromatic carbocycles. The van der Waals surface area contributed by atoms with Gasteiger partial charge in [-0.25, -0.2) is 0 Å². The van der Waals surface area contributed by atoms with E-state index >= 15 is 0 Å². The molecule has 1 heterocycles. The van der Waals surface area contributed by atoms with Crippen molar-refractivity contribution in [3.8, 4) is 5.75 Å². The van der Waals surface area contributed by atoms with Crippen LogP contribution in [-0.2, 0) is 11.3 Å². The fraction of sp³-hybridized carbons (Fsp3) is 0.174. The molecule has 31 heavy (non-hydrogen) atoms. The normalized spacial score (nSPS) is 11.0. The van der Waals surface area contributed by atoms with Gasteiger partial charge in [-0.05, 0) is 49.8 Å². The highest BCUT2D eigenvalue weighted by Gasteiger charge is 2.13. The molecule has 0 saturated carbocycles. The van der Waals surface area contributed by atoms with E-state index < -0.39 is 5.91 Å². The lowest BCUT2D eigenvalue weighted by Gasteiger charge is -2.10. The second-order valence-corrected chi connectivity index (χ2v) is 7.34. The number of nitrogens with zero attached hydrogens (tertiary/aromatic N) is 2. The molecule has 0 saturated heterocycles. The Morgan fingerprint density at radius 3 is 2.65 bits per heavy atom. The maximum Gasteiger partial charge on any atom is 0.248 e. The Bertz CT molecular complexity index is 1170. The van der Waals surface area contributed by atoms with Crippen LogP contribution in [0, 0.1) is 13.8 Å². The minimum Gasteiger partial charge on any atom is -0.495 e. The fourth-order valence-corrected chi connectivity index (χ4v) is 3.38. The zero-order valence-corrected chi connectivity index (χ0v) is 18.2. The first kappa shape index (κ1) is 22.1. The summed E-state index contributed by atoms with van der Waals surface area (Å²) in [5, 5.41) is 7.97. The average molecular weight is 439 g/mol. The van der Waals surface area contributed by atoms with E-state index in [1.807, 2.05) is 42.8 Å². The van der Waals surface area contributed by atoms with Crippen LogP contribution in [-0.4, -0.2) is 28.7 Å². The number of carbonyl (C=O) groups is 2. The third-order valence-corrected chi connectivity index (χ3v) is 5.23. The van der Waals surface area contributed by atoms with Gasteiger partial charge in [0.15, 0.2) is 0 Å². The number of amides is 2. The molecule has 0 aliphatic heterocycles. The second-order valence-electron chi connectivity index (χ2n) is 6.94. The molecule has 160 valence electrons. The average Bonchev–Trinajstić information content (AvgIpc) is 3.00. The quantitative estimate of drug-likeness (QED) is 0.545. The van der Waals surface area contributed by atoms with Crippen molar-refractivity contribution in [2.45, 2.75) is 20.4 Å². The smallest absolute Gasteiger partial charge is 0.248 e. The summed E-state index contributed by atoms with van der Waals surface area (Å²) in [7, 11) is 1.48. The Hall–Kier alpha value is -3.58. The van der Waals surface area contributed by atoms with E-state index in [-0.39, 0.29) is 11.5 Å². The summed E-state index contributed by atoms with van der Waals surface area (Å²) in [6.07, 6.45) is 3.12. The molecule has 1 aromatic heterocycles. The number of halogens is 1. The summed E-state index contributed by atoms with van der Waals surface area (Å²) in [4.78, 5) is 23.9. The van der Waals surface area contributed by atoms with E-state index in [9.17, 15) is 9.59 Å². The van der Waals surface area contributed by atoms with Crippen molar-refractivity contribution in [2.24, 2.45) is 5.73 Å². The standard InChI is InChI=1S/C23H23ClN4O3/c1-14-18(15(2)28(27-14)13-17-6-4-5-7-19(17)24)9-11-22(29)26-20-12-16(23(25)30)8-10-21(20)31-3/h4-12H,13H2,1-3H3,(H2,25,30)(H,26,29)/b11-9+. The van der Waals surface area contributed by atoms with Crippen molar-refractivity contribution in [1.82, 2.24) is 9.78 Å². The molecule has 0 atom stereocenters. The Morgan fingerprint density at radius 2 is 1.97 bits per heavy atom. The van der Waals surface area contributed by atoms with Crippen molar-refractivity contribution in [2.75, 3.05) is 12.4 Å². The van der Waals surface area contributed by atoms with Crippen molar-refractivity contribution in [3.05, 3.63) is 81.6 Å². The first-order chi connectivity index (χ1) is 14.8. The molecule has 0 aliphatic carbocycles. The maximum atomic E-state index is 12.5. The largest absolute Gasteiger partial charge is 0.495 e. The van der Waals surface area contributed by atoms with Crippen molar-refractivity contribution in [3.63, 3.8) is 0 Å². The molecule has 7 nitrogen and oxygen atoms in total. The highest BCUT2D eigenvalue weighted by atomic mass is 35.5. The van der Waals surface area contributed by atoms with Crippen LogP contribution in [0.15, 0.2) is 48.5 Å². The van der Waals surface area contributed by atoms with Gasteiger partial charge in [-0.1, -0.05) is 29.8 Å². The number of benzene rings is 2. The van der Waals surface area contributed by atoms with E-state index in [0.29, 0.717) is 23.0 Å². The highest BCUT2D eigenvalue weighted by Crippen LogP contribution is 2.26. The predicted molar refractivity (Wildman–Crippen MR) is 121 cm³/mol. The second kappa shape index (κ2) is 9.49. The monoisotopic (exact) mass is 438 g/mol. The van der Waals surface area contributed by atoms with Gasteiger partial charge in [-0.3, -0.25) is 14.3 Å². The number of anilines is 1. The molecule has 0 aliphatic rings. The van der Waals surface area contributed by atoms with Gasteiger partial charge in [0.05, 0.1) is 25.0 Å². The molecule has 0 spiro atoms. The minimum atomic E-state index is -0.592. The number of nitrogens with one attached hydrogen (secondary N) is 1. The number of rotatable bonds is 7. The van der Waals surface area contributed by atoms with Crippen LogP contribution in [0.25, 0.3) is 6.08 Å². The van der Waals surface area contributed by atoms with Crippen LogP contribution in [0.3, 0.4) is 0 Å². The van der Waals surface area contributed by atoms with Gasteiger partial charge in [0, 0.05) is 27.9 Å². The lowest BCUT2D eigenvalue weighted by molar-refractivity contribution is -0.111. The lowest BCUT2D eigenvalue weighted by Crippen LogP contribution is -2.13. The molecule has 0 fully saturated rings. The van der Waals surface area contributed by atoms with Crippen LogP contribution in [0.2, 0.25) is 5.02 Å². The van der Waals surface area contributed by atoms with Gasteiger partial charge in [-0.15, -0.1) is 0 Å². The van der Waals surface area contributed by atoms with Gasteiger partial charge in [0.1, 0.15) is 5.75 Å². The Morgan fingerprint density at radius 1 is 1.23 bits per heavy atom. The topological polar surface area (TPSA) is 99.2 Å². The summed E-state index contributed by atoms with van der Waals surface area (Å²) in [5.74, 6) is -0.546. The van der Waals surface area contributed by atoms with Gasteiger partial charge >= 0.3 is 0 Å². The Kier molecular flexibility index (Phi) is 6.77. The SMILES string of the molecule is COc1ccc(C(N)=O)cc1NC(=O)/C=C/c1c(C)nn(Cc2ccccc2Cl)c1C. The number of primary amides is 1. The number of aryl methyl sites for hydroxylation is 1. The van der Waals surface area contributed by atoms with Crippen molar-refractivity contribution < 1.29 is 14.3 Å². The number of methoxy groups -OCH3 is 1. The summed E-state index contributed by atoms with van der Waals surface area (Å²) in [6, 6.07) is 12.2. The number of aromatic nitrogens is 2. The van der Waals surface area contributed by atoms with Crippen molar-refractivity contribution >= 4 is 35.2 Å². The number of nitrogens with two attached hydrogens (primary N) is 1. The van der Waals surface area contributed by atoms with Gasteiger partial charge < -0.3 is 15.8 Å². The molecule has 0 bridgehead atoms. The Balaban J connectivity index is 1.79. The van der Waals surface area contributed by atoms with E-state index in [4.69, 9.17) is 22.1 Å². The number of hydrogen-bond donors (Lipinski definition) is 2. The zero-order chi connectivity index (χ0) is 22.5. The van der Waals surface area contributed by atoms with E-state index in [0.717, 1.165) is 22.5 Å². The predicted octanol–water partition coefficient (Wildman–Crippen LogP) is 3.96. The minimum absolute atomic E-state index is 0.271. The first-order valence-corrected chi connectivity index (χ1v) is 9.92. The summed E-state index contributed by atoms with van der Waals surface area (Å²) >= 11 is 6.26. The van der Waals surface area contributed by atoms with Gasteiger partial charge in [-0.2, -0.15) is 5.10 Å². The molecule has 0 unspecified atom stereocenters. The Labute approximate surface area is 185 Å². The molecule has 3 aromatic rings. The molecular weight excluding hydrogens is 416 g/mol. The number of carbonyl (C=O) groups excluding carboxylic acids is 2. The van der Waals surface area contributed by atoms with Crippen LogP contribution < -0.4 is 15.8 Å². The van der Waals surface area contributed by atoms with Crippen LogP contribution in [0.1, 0.15) is 32.9 Å². The van der Waals surface area contributed by atoms with Gasteiger partial charge in [0.25, 0.3) is 0 Å². The molecule has 8 heteroatoms. The highest BCUT2D eigenvalue weighted by molar-refractivity contribution is 6.31. The van der Waals surface area contributed by atoms with E-state index in [1.165, 1.54) is 25.3 Å². The van der Waals surface area contributed by atoms with Crippen molar-refractivity contribution in [1.29, 1.82) is 0 Å². The summed E-state index contributed by atoms with van der Waals surface area (Å²) < 4.78 is 7.09. The summed E-state index contributed by atoms with van der Waals surface area (Å²) in [6.45, 7) is 4.35. The zero-order valence-electron chi connectivity index (χ0n) is 17.5. The molecule has 2 amide bonds. The van der Waals surface area contributed by atoms with Crippen LogP contribution in [0.5, 0.6) is 5.75 Å². The first-order valence-electron chi connectivity index (χ1n) is 9.54. The van der Waals surface area contributed by atoms with Gasteiger partial charge in [0.2, 0.25) is 11.8 Å². The number of ether oxygens (including phenoxy) is 1. The van der Waals surface area contributed by atoms with E-state index in [2.05, 4.69) is 10.4 Å². The lowest BCUT2D eigenvalue weighted by atomic mass is 10.1. The summed E-state index contributed by atoms with van der Waals surface area (Å²) in [5.41, 5.74) is 9.46. The third kappa shape index (κ3) is 5.13. The fourth-order valence-electron chi connectivity index (χ4n) is 3.19. The van der Waals surface area contributed by atoms with Crippen LogP contribution >= 0.6 is 11.6 Å². The number of hydrogen-bond acceptors (Lipinski definition) is 4. The van der Waals surface area contributed by atoms with Crippen LogP contribution in [0.4, 0.5) is 5.69 Å². The van der Waals surface area contributed by atoms with E-state index in [1.54, 1.807) is 12.1 Å². The molecule has 3 N–H and O–H groups in total. The third-order valence-electron chi connectivity index (χ3n) is 4.86. The molecule has 3 rings (SSSR count). The maximum absolute atomic E-state index is 12.5.